The summed E-state index contributed by atoms with van der Waals surface area (Å²) >= 11 is 0. The Labute approximate surface area is 172 Å². The van der Waals surface area contributed by atoms with Gasteiger partial charge in [0, 0.05) is 11.9 Å². The van der Waals surface area contributed by atoms with E-state index in [0.29, 0.717) is 5.78 Å². The van der Waals surface area contributed by atoms with Gasteiger partial charge in [-0.05, 0) is 24.1 Å². The Morgan fingerprint density at radius 3 is 2.23 bits per heavy atom. The van der Waals surface area contributed by atoms with Gasteiger partial charge in [0.2, 0.25) is 0 Å². The van der Waals surface area contributed by atoms with Crippen LogP contribution in [0.1, 0.15) is 33.5 Å². The number of rotatable bonds is 6. The number of amides is 1. The Kier molecular flexibility index (Phi) is 5.47. The Hall–Kier alpha value is -4.07. The predicted molar refractivity (Wildman–Crippen MR) is 109 cm³/mol. The zero-order valence-corrected chi connectivity index (χ0v) is 16.2. The number of ether oxygens (including phenoxy) is 1. The summed E-state index contributed by atoms with van der Waals surface area (Å²) in [6, 6.07) is 20.5. The molecule has 0 aliphatic rings. The van der Waals surface area contributed by atoms with Gasteiger partial charge in [-0.3, -0.25) is 4.79 Å². The zero-order chi connectivity index (χ0) is 20.9. The number of aromatic nitrogens is 4. The van der Waals surface area contributed by atoms with Crippen molar-refractivity contribution in [3.8, 4) is 0 Å². The van der Waals surface area contributed by atoms with Gasteiger partial charge in [0.05, 0.1) is 6.04 Å². The maximum atomic E-state index is 12.5. The van der Waals surface area contributed by atoms with Crippen molar-refractivity contribution < 1.29 is 14.3 Å². The van der Waals surface area contributed by atoms with Crippen LogP contribution in [-0.4, -0.2) is 38.1 Å². The number of hydrogen-bond acceptors (Lipinski definition) is 6. The first-order chi connectivity index (χ1) is 14.6. The second-order valence-corrected chi connectivity index (χ2v) is 6.63. The topological polar surface area (TPSA) is 98.5 Å². The summed E-state index contributed by atoms with van der Waals surface area (Å²) in [6.45, 7) is 1.37. The molecule has 0 bridgehead atoms. The first-order valence-corrected chi connectivity index (χ1v) is 9.36. The first kappa shape index (κ1) is 19.3. The summed E-state index contributed by atoms with van der Waals surface area (Å²) in [5, 5.41) is 7.00. The molecule has 150 valence electrons. The lowest BCUT2D eigenvalue weighted by Gasteiger charge is -2.19. The Balaban J connectivity index is 1.44. The van der Waals surface area contributed by atoms with Crippen LogP contribution in [-0.2, 0) is 9.53 Å². The fraction of sp³-hybridized carbons (Fsp3) is 0.136. The molecule has 1 N–H and O–H groups in total. The number of fused-ring (bicyclic) bond motifs is 1. The van der Waals surface area contributed by atoms with Gasteiger partial charge >= 0.3 is 5.97 Å². The number of nitrogens with zero attached hydrogens (tertiary/aromatic N) is 4. The molecule has 0 aliphatic carbocycles. The molecule has 0 saturated carbocycles. The molecule has 4 aromatic rings. The number of carbonyl (C=O) groups is 2. The van der Waals surface area contributed by atoms with Crippen molar-refractivity contribution in [2.75, 3.05) is 6.61 Å². The molecule has 8 heteroatoms. The van der Waals surface area contributed by atoms with Crippen LogP contribution in [0.5, 0.6) is 0 Å². The number of benzene rings is 2. The summed E-state index contributed by atoms with van der Waals surface area (Å²) < 4.78 is 6.56. The average molecular weight is 401 g/mol. The molecular formula is C22H19N5O3. The fourth-order valence-electron chi connectivity index (χ4n) is 3.04. The third-order valence-electron chi connectivity index (χ3n) is 4.52. The van der Waals surface area contributed by atoms with Crippen molar-refractivity contribution in [3.63, 3.8) is 0 Å². The first-order valence-electron chi connectivity index (χ1n) is 9.36. The summed E-state index contributed by atoms with van der Waals surface area (Å²) in [5.74, 6) is -1.07. The summed E-state index contributed by atoms with van der Waals surface area (Å²) in [5.41, 5.74) is 2.62. The van der Waals surface area contributed by atoms with E-state index in [0.717, 1.165) is 16.8 Å². The van der Waals surface area contributed by atoms with Gasteiger partial charge in [-0.2, -0.15) is 4.98 Å². The van der Waals surface area contributed by atoms with Crippen molar-refractivity contribution in [2.24, 2.45) is 0 Å². The number of aryl methyl sites for hydroxylation is 1. The minimum atomic E-state index is -0.786. The fourth-order valence-corrected chi connectivity index (χ4v) is 3.04. The standard InChI is InChI=1S/C22H19N5O3/c1-15-12-13-23-22-25-20(26-27(15)22)21(29)30-14-18(28)24-19(16-8-4-2-5-9-16)17-10-6-3-7-11-17/h2-13,19H,14H2,1H3,(H,24,28). The molecule has 0 spiro atoms. The van der Waals surface area contributed by atoms with E-state index in [1.165, 1.54) is 4.52 Å². The van der Waals surface area contributed by atoms with Crippen LogP contribution >= 0.6 is 0 Å². The lowest BCUT2D eigenvalue weighted by molar-refractivity contribution is -0.124. The second kappa shape index (κ2) is 8.52. The maximum absolute atomic E-state index is 12.5. The highest BCUT2D eigenvalue weighted by Gasteiger charge is 2.20. The quantitative estimate of drug-likeness (QED) is 0.499. The summed E-state index contributed by atoms with van der Waals surface area (Å²) in [7, 11) is 0. The van der Waals surface area contributed by atoms with Crippen molar-refractivity contribution in [3.05, 3.63) is 95.6 Å². The average Bonchev–Trinajstić information content (AvgIpc) is 3.23. The smallest absolute Gasteiger partial charge is 0.378 e. The van der Waals surface area contributed by atoms with Crippen LogP contribution in [0.15, 0.2) is 72.9 Å². The second-order valence-electron chi connectivity index (χ2n) is 6.63. The molecule has 1 amide bonds. The molecule has 0 unspecified atom stereocenters. The van der Waals surface area contributed by atoms with Crippen LogP contribution in [0, 0.1) is 6.92 Å². The molecule has 0 atom stereocenters. The molecular weight excluding hydrogens is 382 g/mol. The van der Waals surface area contributed by atoms with Gasteiger partial charge in [-0.1, -0.05) is 60.7 Å². The van der Waals surface area contributed by atoms with E-state index < -0.39 is 18.5 Å². The van der Waals surface area contributed by atoms with Gasteiger partial charge in [0.15, 0.2) is 6.61 Å². The Morgan fingerprint density at radius 2 is 1.63 bits per heavy atom. The predicted octanol–water partition coefficient (Wildman–Crippen LogP) is 2.50. The van der Waals surface area contributed by atoms with Gasteiger partial charge in [0.1, 0.15) is 0 Å². The van der Waals surface area contributed by atoms with E-state index in [-0.39, 0.29) is 11.9 Å². The largest absolute Gasteiger partial charge is 0.450 e. The Bertz CT molecular complexity index is 1140. The van der Waals surface area contributed by atoms with Crippen LogP contribution in [0.3, 0.4) is 0 Å². The van der Waals surface area contributed by atoms with E-state index >= 15 is 0 Å². The molecule has 4 rings (SSSR count). The molecule has 0 radical (unpaired) electrons. The van der Waals surface area contributed by atoms with Crippen LogP contribution < -0.4 is 5.32 Å². The molecule has 0 fully saturated rings. The summed E-state index contributed by atoms with van der Waals surface area (Å²) in [4.78, 5) is 32.9. The van der Waals surface area contributed by atoms with E-state index in [1.54, 1.807) is 12.3 Å². The van der Waals surface area contributed by atoms with Gasteiger partial charge in [-0.15, -0.1) is 5.10 Å². The van der Waals surface area contributed by atoms with Gasteiger partial charge in [-0.25, -0.2) is 14.3 Å². The third kappa shape index (κ3) is 4.17. The van der Waals surface area contributed by atoms with Crippen LogP contribution in [0.4, 0.5) is 0 Å². The van der Waals surface area contributed by atoms with E-state index in [4.69, 9.17) is 4.74 Å². The molecule has 0 saturated heterocycles. The van der Waals surface area contributed by atoms with Crippen molar-refractivity contribution in [1.82, 2.24) is 24.9 Å². The SMILES string of the molecule is Cc1ccnc2nc(C(=O)OCC(=O)NC(c3ccccc3)c3ccccc3)nn12. The maximum Gasteiger partial charge on any atom is 0.378 e. The molecule has 2 aromatic heterocycles. The van der Waals surface area contributed by atoms with Crippen molar-refractivity contribution in [2.45, 2.75) is 13.0 Å². The van der Waals surface area contributed by atoms with Gasteiger partial charge in [0.25, 0.3) is 17.5 Å². The minimum Gasteiger partial charge on any atom is -0.450 e. The molecule has 0 aliphatic heterocycles. The molecule has 2 aromatic carbocycles. The van der Waals surface area contributed by atoms with Crippen molar-refractivity contribution >= 4 is 17.7 Å². The van der Waals surface area contributed by atoms with Crippen LogP contribution in [0.25, 0.3) is 5.78 Å². The molecule has 8 nitrogen and oxygen atoms in total. The highest BCUT2D eigenvalue weighted by Crippen LogP contribution is 2.21. The zero-order valence-electron chi connectivity index (χ0n) is 16.2. The number of hydrogen-bond donors (Lipinski definition) is 1. The van der Waals surface area contributed by atoms with E-state index in [1.807, 2.05) is 67.6 Å². The highest BCUT2D eigenvalue weighted by atomic mass is 16.5. The normalized spacial score (nSPS) is 10.9. The summed E-state index contributed by atoms with van der Waals surface area (Å²) in [6.07, 6.45) is 1.58. The lowest BCUT2D eigenvalue weighted by Crippen LogP contribution is -2.33. The molecule has 30 heavy (non-hydrogen) atoms. The highest BCUT2D eigenvalue weighted by molar-refractivity contribution is 5.88. The van der Waals surface area contributed by atoms with Gasteiger partial charge < -0.3 is 10.1 Å². The van der Waals surface area contributed by atoms with Crippen molar-refractivity contribution in [1.29, 1.82) is 0 Å². The molecule has 2 heterocycles. The monoisotopic (exact) mass is 401 g/mol. The number of esters is 1. The number of carbonyl (C=O) groups excluding carboxylic acids is 2. The Morgan fingerprint density at radius 1 is 1.00 bits per heavy atom. The van der Waals surface area contributed by atoms with Crippen LogP contribution in [0.2, 0.25) is 0 Å². The van der Waals surface area contributed by atoms with E-state index in [2.05, 4.69) is 20.4 Å². The minimum absolute atomic E-state index is 0.146. The lowest BCUT2D eigenvalue weighted by atomic mass is 9.99. The third-order valence-corrected chi connectivity index (χ3v) is 4.52. The number of nitrogens with one attached hydrogen (secondary N) is 1. The van der Waals surface area contributed by atoms with E-state index in [9.17, 15) is 9.59 Å².